The molecule has 0 aliphatic carbocycles. The minimum Gasteiger partial charge on any atom is -0.396 e. The third-order valence-electron chi connectivity index (χ3n) is 1.75. The summed E-state index contributed by atoms with van der Waals surface area (Å²) in [6.07, 6.45) is 0. The van der Waals surface area contributed by atoms with Crippen molar-refractivity contribution in [3.63, 3.8) is 0 Å². The first-order valence-corrected chi connectivity index (χ1v) is 5.26. The lowest BCUT2D eigenvalue weighted by molar-refractivity contribution is 0.0942. The van der Waals surface area contributed by atoms with E-state index in [1.165, 1.54) is 12.1 Å². The van der Waals surface area contributed by atoms with Crippen LogP contribution in [0.1, 0.15) is 24.2 Å². The van der Waals surface area contributed by atoms with Crippen molar-refractivity contribution in [2.75, 3.05) is 5.73 Å². The van der Waals surface area contributed by atoms with Gasteiger partial charge in [0, 0.05) is 10.5 Å². The summed E-state index contributed by atoms with van der Waals surface area (Å²) in [5, 5.41) is 2.70. The lowest BCUT2D eigenvalue weighted by atomic mass is 10.1. The maximum Gasteiger partial charge on any atom is 0.252 e. The Kier molecular flexibility index (Phi) is 3.68. The standard InChI is InChI=1S/C10H12BrFN2O/c1-5(2)14-10(15)6-3-9(13)8(12)4-7(6)11/h3-5H,13H2,1-2H3,(H,14,15). The molecule has 0 aliphatic heterocycles. The zero-order valence-electron chi connectivity index (χ0n) is 8.47. The summed E-state index contributed by atoms with van der Waals surface area (Å²) in [6.45, 7) is 3.69. The predicted molar refractivity (Wildman–Crippen MR) is 61.1 cm³/mol. The molecule has 5 heteroatoms. The number of halogens is 2. The fourth-order valence-electron chi connectivity index (χ4n) is 1.08. The van der Waals surface area contributed by atoms with Crippen molar-refractivity contribution >= 4 is 27.5 Å². The Morgan fingerprint density at radius 2 is 2.13 bits per heavy atom. The summed E-state index contributed by atoms with van der Waals surface area (Å²) >= 11 is 3.12. The Morgan fingerprint density at radius 1 is 1.53 bits per heavy atom. The van der Waals surface area contributed by atoms with Gasteiger partial charge in [-0.2, -0.15) is 0 Å². The number of hydrogen-bond acceptors (Lipinski definition) is 2. The summed E-state index contributed by atoms with van der Waals surface area (Å²) in [6, 6.07) is 2.53. The fraction of sp³-hybridized carbons (Fsp3) is 0.300. The molecule has 3 N–H and O–H groups in total. The number of nitrogens with one attached hydrogen (secondary N) is 1. The molecule has 1 aromatic rings. The van der Waals surface area contributed by atoms with Crippen LogP contribution in [0.25, 0.3) is 0 Å². The van der Waals surface area contributed by atoms with Crippen LogP contribution in [0.4, 0.5) is 10.1 Å². The lowest BCUT2D eigenvalue weighted by Crippen LogP contribution is -2.30. The molecule has 0 aromatic heterocycles. The number of amides is 1. The first-order chi connectivity index (χ1) is 6.91. The molecule has 1 rings (SSSR count). The predicted octanol–water partition coefficient (Wildman–Crippen LogP) is 2.31. The SMILES string of the molecule is CC(C)NC(=O)c1cc(N)c(F)cc1Br. The van der Waals surface area contributed by atoms with Crippen molar-refractivity contribution in [2.45, 2.75) is 19.9 Å². The van der Waals surface area contributed by atoms with E-state index in [1.54, 1.807) is 0 Å². The molecular weight excluding hydrogens is 263 g/mol. The van der Waals surface area contributed by atoms with E-state index in [0.29, 0.717) is 10.0 Å². The maximum absolute atomic E-state index is 13.0. The second-order valence-electron chi connectivity index (χ2n) is 3.48. The van der Waals surface area contributed by atoms with E-state index in [2.05, 4.69) is 21.2 Å². The summed E-state index contributed by atoms with van der Waals surface area (Å²) in [5.41, 5.74) is 5.68. The van der Waals surface area contributed by atoms with E-state index in [-0.39, 0.29) is 17.6 Å². The monoisotopic (exact) mass is 274 g/mol. The van der Waals surface area contributed by atoms with Gasteiger partial charge in [-0.15, -0.1) is 0 Å². The lowest BCUT2D eigenvalue weighted by Gasteiger charge is -2.10. The van der Waals surface area contributed by atoms with Crippen LogP contribution < -0.4 is 11.1 Å². The van der Waals surface area contributed by atoms with E-state index >= 15 is 0 Å². The van der Waals surface area contributed by atoms with Crippen molar-refractivity contribution < 1.29 is 9.18 Å². The van der Waals surface area contributed by atoms with E-state index in [0.717, 1.165) is 0 Å². The molecule has 0 unspecified atom stereocenters. The van der Waals surface area contributed by atoms with E-state index in [9.17, 15) is 9.18 Å². The quantitative estimate of drug-likeness (QED) is 0.814. The van der Waals surface area contributed by atoms with Gasteiger partial charge in [-0.05, 0) is 41.9 Å². The summed E-state index contributed by atoms with van der Waals surface area (Å²) in [5.74, 6) is -0.813. The van der Waals surface area contributed by atoms with Gasteiger partial charge in [0.25, 0.3) is 5.91 Å². The highest BCUT2D eigenvalue weighted by Crippen LogP contribution is 2.22. The van der Waals surface area contributed by atoms with E-state index < -0.39 is 5.82 Å². The summed E-state index contributed by atoms with van der Waals surface area (Å²) in [7, 11) is 0. The third kappa shape index (κ3) is 2.92. The minimum atomic E-state index is -0.539. The van der Waals surface area contributed by atoms with Crippen LogP contribution in [-0.4, -0.2) is 11.9 Å². The number of carbonyl (C=O) groups is 1. The topological polar surface area (TPSA) is 55.1 Å². The van der Waals surface area contributed by atoms with Crippen LogP contribution in [0.2, 0.25) is 0 Å². The molecule has 0 fully saturated rings. The van der Waals surface area contributed by atoms with Gasteiger partial charge >= 0.3 is 0 Å². The number of nitrogen functional groups attached to an aromatic ring is 1. The van der Waals surface area contributed by atoms with Crippen LogP contribution in [0.15, 0.2) is 16.6 Å². The van der Waals surface area contributed by atoms with Crippen molar-refractivity contribution in [3.8, 4) is 0 Å². The van der Waals surface area contributed by atoms with Crippen molar-refractivity contribution in [1.82, 2.24) is 5.32 Å². The molecule has 0 atom stereocenters. The Hall–Kier alpha value is -1.10. The molecular formula is C10H12BrFN2O. The second-order valence-corrected chi connectivity index (χ2v) is 4.34. The molecule has 0 spiro atoms. The molecule has 3 nitrogen and oxygen atoms in total. The van der Waals surface area contributed by atoms with Gasteiger partial charge in [-0.3, -0.25) is 4.79 Å². The Morgan fingerprint density at radius 3 is 2.67 bits per heavy atom. The van der Waals surface area contributed by atoms with Gasteiger partial charge in [0.05, 0.1) is 11.3 Å². The number of anilines is 1. The van der Waals surface area contributed by atoms with Gasteiger partial charge in [-0.25, -0.2) is 4.39 Å². The molecule has 0 heterocycles. The van der Waals surface area contributed by atoms with Gasteiger partial charge in [0.15, 0.2) is 0 Å². The fourth-order valence-corrected chi connectivity index (χ4v) is 1.58. The molecule has 0 bridgehead atoms. The van der Waals surface area contributed by atoms with E-state index in [1.807, 2.05) is 13.8 Å². The number of hydrogen-bond donors (Lipinski definition) is 2. The zero-order chi connectivity index (χ0) is 11.6. The van der Waals surface area contributed by atoms with Crippen LogP contribution in [-0.2, 0) is 0 Å². The van der Waals surface area contributed by atoms with Crippen molar-refractivity contribution in [2.24, 2.45) is 0 Å². The van der Waals surface area contributed by atoms with Gasteiger partial charge in [0.1, 0.15) is 5.82 Å². The Bertz CT molecular complexity index is 393. The molecule has 0 radical (unpaired) electrons. The molecule has 0 saturated carbocycles. The molecule has 0 saturated heterocycles. The highest BCUT2D eigenvalue weighted by molar-refractivity contribution is 9.10. The van der Waals surface area contributed by atoms with Gasteiger partial charge in [-0.1, -0.05) is 0 Å². The summed E-state index contributed by atoms with van der Waals surface area (Å²) in [4.78, 5) is 11.6. The normalized spacial score (nSPS) is 10.5. The van der Waals surface area contributed by atoms with Gasteiger partial charge < -0.3 is 11.1 Å². The molecule has 82 valence electrons. The zero-order valence-corrected chi connectivity index (χ0v) is 10.1. The highest BCUT2D eigenvalue weighted by Gasteiger charge is 2.13. The molecule has 0 aliphatic rings. The van der Waals surface area contributed by atoms with Crippen molar-refractivity contribution in [1.29, 1.82) is 0 Å². The average Bonchev–Trinajstić information content (AvgIpc) is 2.09. The largest absolute Gasteiger partial charge is 0.396 e. The molecule has 1 amide bonds. The number of carbonyl (C=O) groups excluding carboxylic acids is 1. The molecule has 1 aromatic carbocycles. The van der Waals surface area contributed by atoms with Crippen LogP contribution in [0, 0.1) is 5.82 Å². The first-order valence-electron chi connectivity index (χ1n) is 4.47. The van der Waals surface area contributed by atoms with Gasteiger partial charge in [0.2, 0.25) is 0 Å². The molecule has 15 heavy (non-hydrogen) atoms. The number of benzene rings is 1. The Balaban J connectivity index is 3.04. The first kappa shape index (κ1) is 12.0. The Labute approximate surface area is 96.0 Å². The number of rotatable bonds is 2. The minimum absolute atomic E-state index is 0.0238. The maximum atomic E-state index is 13.0. The average molecular weight is 275 g/mol. The number of nitrogens with two attached hydrogens (primary N) is 1. The summed E-state index contributed by atoms with van der Waals surface area (Å²) < 4.78 is 13.4. The van der Waals surface area contributed by atoms with Crippen LogP contribution in [0.3, 0.4) is 0 Å². The van der Waals surface area contributed by atoms with Crippen LogP contribution in [0.5, 0.6) is 0 Å². The third-order valence-corrected chi connectivity index (χ3v) is 2.41. The van der Waals surface area contributed by atoms with Crippen molar-refractivity contribution in [3.05, 3.63) is 28.0 Å². The van der Waals surface area contributed by atoms with Crippen LogP contribution >= 0.6 is 15.9 Å². The second kappa shape index (κ2) is 4.61. The highest BCUT2D eigenvalue weighted by atomic mass is 79.9. The smallest absolute Gasteiger partial charge is 0.252 e. The van der Waals surface area contributed by atoms with E-state index in [4.69, 9.17) is 5.73 Å².